The van der Waals surface area contributed by atoms with Crippen LogP contribution in [-0.4, -0.2) is 25.7 Å². The van der Waals surface area contributed by atoms with Crippen molar-refractivity contribution in [3.8, 4) is 0 Å². The lowest BCUT2D eigenvalue weighted by molar-refractivity contribution is 0.102. The van der Waals surface area contributed by atoms with E-state index in [-0.39, 0.29) is 11.8 Å². The van der Waals surface area contributed by atoms with E-state index in [9.17, 15) is 4.79 Å². The van der Waals surface area contributed by atoms with Crippen molar-refractivity contribution in [3.63, 3.8) is 0 Å². The molecule has 1 N–H and O–H groups in total. The third-order valence-electron chi connectivity index (χ3n) is 3.40. The molecule has 0 fully saturated rings. The highest BCUT2D eigenvalue weighted by Crippen LogP contribution is 2.28. The normalized spacial score (nSPS) is 11.4. The monoisotopic (exact) mass is 349 g/mol. The van der Waals surface area contributed by atoms with Crippen molar-refractivity contribution in [2.24, 2.45) is 0 Å². The zero-order valence-electron chi connectivity index (χ0n) is 13.2. The maximum atomic E-state index is 12.5. The molecule has 2 heterocycles. The largest absolute Gasteiger partial charge is 0.318 e. The van der Waals surface area contributed by atoms with Gasteiger partial charge in [0.25, 0.3) is 5.91 Å². The van der Waals surface area contributed by atoms with Gasteiger partial charge in [-0.2, -0.15) is 4.52 Å². The van der Waals surface area contributed by atoms with Crippen molar-refractivity contribution in [3.05, 3.63) is 39.1 Å². The zero-order valence-corrected chi connectivity index (χ0v) is 14.8. The summed E-state index contributed by atoms with van der Waals surface area (Å²) in [5.74, 6) is 0.612. The molecule has 120 valence electrons. The van der Waals surface area contributed by atoms with E-state index in [0.717, 1.165) is 17.0 Å². The molecule has 0 unspecified atom stereocenters. The zero-order chi connectivity index (χ0) is 16.7. The van der Waals surface area contributed by atoms with Crippen LogP contribution in [0.1, 0.15) is 46.5 Å². The molecule has 0 atom stereocenters. The van der Waals surface area contributed by atoms with Crippen molar-refractivity contribution >= 4 is 39.5 Å². The fourth-order valence-electron chi connectivity index (χ4n) is 2.32. The molecule has 6 nitrogen and oxygen atoms in total. The number of hydrogen-bond donors (Lipinski definition) is 1. The molecule has 0 saturated carbocycles. The quantitative estimate of drug-likeness (QED) is 0.779. The van der Waals surface area contributed by atoms with Crippen molar-refractivity contribution in [2.45, 2.75) is 33.6 Å². The van der Waals surface area contributed by atoms with E-state index < -0.39 is 0 Å². The number of carbonyl (C=O) groups is 1. The van der Waals surface area contributed by atoms with Gasteiger partial charge in [0.2, 0.25) is 9.97 Å². The summed E-state index contributed by atoms with van der Waals surface area (Å²) in [6.07, 6.45) is 0. The molecule has 2 aromatic heterocycles. The van der Waals surface area contributed by atoms with Gasteiger partial charge >= 0.3 is 0 Å². The molecule has 1 amide bonds. The number of anilines is 1. The van der Waals surface area contributed by atoms with Gasteiger partial charge in [0.1, 0.15) is 0 Å². The highest BCUT2D eigenvalue weighted by molar-refractivity contribution is 7.18. The van der Waals surface area contributed by atoms with E-state index in [1.165, 1.54) is 11.3 Å². The van der Waals surface area contributed by atoms with Crippen molar-refractivity contribution in [1.29, 1.82) is 0 Å². The van der Waals surface area contributed by atoms with Crippen LogP contribution in [0, 0.1) is 13.8 Å². The van der Waals surface area contributed by atoms with E-state index in [1.54, 1.807) is 4.52 Å². The van der Waals surface area contributed by atoms with Gasteiger partial charge in [-0.1, -0.05) is 42.9 Å². The Labute approximate surface area is 142 Å². The van der Waals surface area contributed by atoms with E-state index in [1.807, 2.05) is 39.8 Å². The van der Waals surface area contributed by atoms with Crippen LogP contribution in [0.2, 0.25) is 5.02 Å². The van der Waals surface area contributed by atoms with E-state index in [4.69, 9.17) is 11.6 Å². The molecule has 3 rings (SSSR count). The van der Waals surface area contributed by atoms with Crippen molar-refractivity contribution < 1.29 is 4.79 Å². The number of carbonyl (C=O) groups excluding carboxylic acids is 1. The predicted molar refractivity (Wildman–Crippen MR) is 91.6 cm³/mol. The minimum absolute atomic E-state index is 0.178. The van der Waals surface area contributed by atoms with E-state index in [0.29, 0.717) is 20.7 Å². The van der Waals surface area contributed by atoms with E-state index >= 15 is 0 Å². The van der Waals surface area contributed by atoms with Gasteiger partial charge in [-0.25, -0.2) is 0 Å². The summed E-state index contributed by atoms with van der Waals surface area (Å²) in [6, 6.07) is 3.79. The number of halogens is 1. The number of aromatic nitrogens is 4. The predicted octanol–water partition coefficient (Wildman–Crippen LogP) is 3.83. The highest BCUT2D eigenvalue weighted by Gasteiger charge is 2.19. The van der Waals surface area contributed by atoms with Crippen LogP contribution >= 0.6 is 22.9 Å². The third kappa shape index (κ3) is 2.94. The molecule has 1 aromatic carbocycles. The summed E-state index contributed by atoms with van der Waals surface area (Å²) < 4.78 is 1.62. The molecule has 0 bridgehead atoms. The first-order valence-corrected chi connectivity index (χ1v) is 8.36. The Kier molecular flexibility index (Phi) is 4.08. The highest BCUT2D eigenvalue weighted by atomic mass is 35.5. The van der Waals surface area contributed by atoms with Crippen LogP contribution in [0.3, 0.4) is 0 Å². The molecular formula is C15H16ClN5OS. The van der Waals surface area contributed by atoms with Gasteiger partial charge in [0, 0.05) is 5.92 Å². The summed E-state index contributed by atoms with van der Waals surface area (Å²) in [6.45, 7) is 7.88. The number of benzene rings is 1. The lowest BCUT2D eigenvalue weighted by atomic mass is 10.1. The topological polar surface area (TPSA) is 72.2 Å². The minimum atomic E-state index is -0.302. The van der Waals surface area contributed by atoms with Gasteiger partial charge in [0.05, 0.1) is 10.7 Å². The van der Waals surface area contributed by atoms with Gasteiger partial charge < -0.3 is 5.32 Å². The average Bonchev–Trinajstić information content (AvgIpc) is 3.01. The molecule has 0 radical (unpaired) electrons. The number of fused-ring (bicyclic) bond motifs is 1. The molecule has 23 heavy (non-hydrogen) atoms. The SMILES string of the molecule is Cc1cc(C)c(NC(=O)c2nn3c(C(C)C)nnc3s2)c(Cl)c1. The summed E-state index contributed by atoms with van der Waals surface area (Å²) in [5.41, 5.74) is 2.57. The summed E-state index contributed by atoms with van der Waals surface area (Å²) in [4.78, 5) is 13.1. The Bertz CT molecular complexity index is 876. The summed E-state index contributed by atoms with van der Waals surface area (Å²) in [5, 5.41) is 16.1. The fraction of sp³-hybridized carbons (Fsp3) is 0.333. The molecule has 0 aliphatic carbocycles. The second-order valence-corrected chi connectivity index (χ2v) is 7.07. The average molecular weight is 350 g/mol. The van der Waals surface area contributed by atoms with Crippen LogP contribution in [-0.2, 0) is 0 Å². The molecule has 0 aliphatic heterocycles. The number of rotatable bonds is 3. The van der Waals surface area contributed by atoms with Crippen LogP contribution in [0.25, 0.3) is 4.96 Å². The van der Waals surface area contributed by atoms with Gasteiger partial charge in [-0.05, 0) is 31.0 Å². The molecule has 8 heteroatoms. The standard InChI is InChI=1S/C15H16ClN5OS/c1-7(2)12-18-19-15-21(12)20-14(23-15)13(22)17-11-9(4)5-8(3)6-10(11)16/h5-7H,1-4H3,(H,17,22). The molecule has 0 saturated heterocycles. The fourth-order valence-corrected chi connectivity index (χ4v) is 3.43. The van der Waals surface area contributed by atoms with E-state index in [2.05, 4.69) is 20.6 Å². The number of nitrogens with zero attached hydrogens (tertiary/aromatic N) is 4. The molecule has 0 spiro atoms. The first kappa shape index (κ1) is 15.9. The number of hydrogen-bond acceptors (Lipinski definition) is 5. The summed E-state index contributed by atoms with van der Waals surface area (Å²) >= 11 is 7.43. The van der Waals surface area contributed by atoms with Gasteiger partial charge in [-0.3, -0.25) is 4.79 Å². The van der Waals surface area contributed by atoms with Gasteiger partial charge in [-0.15, -0.1) is 15.3 Å². The Hall–Kier alpha value is -1.99. The first-order valence-electron chi connectivity index (χ1n) is 7.17. The second-order valence-electron chi connectivity index (χ2n) is 5.71. The van der Waals surface area contributed by atoms with Crippen LogP contribution in [0.4, 0.5) is 5.69 Å². The Morgan fingerprint density at radius 3 is 2.70 bits per heavy atom. The smallest absolute Gasteiger partial charge is 0.286 e. The molecular weight excluding hydrogens is 334 g/mol. The number of nitrogens with one attached hydrogen (secondary N) is 1. The van der Waals surface area contributed by atoms with Gasteiger partial charge in [0.15, 0.2) is 5.82 Å². The first-order chi connectivity index (χ1) is 10.9. The lowest BCUT2D eigenvalue weighted by Crippen LogP contribution is -2.14. The Morgan fingerprint density at radius 2 is 2.04 bits per heavy atom. The van der Waals surface area contributed by atoms with Crippen LogP contribution in [0.5, 0.6) is 0 Å². The minimum Gasteiger partial charge on any atom is -0.318 e. The molecule has 0 aliphatic rings. The molecule has 3 aromatic rings. The van der Waals surface area contributed by atoms with Crippen LogP contribution in [0.15, 0.2) is 12.1 Å². The number of amides is 1. The Balaban J connectivity index is 1.92. The van der Waals surface area contributed by atoms with Crippen LogP contribution < -0.4 is 5.32 Å². The summed E-state index contributed by atoms with van der Waals surface area (Å²) in [7, 11) is 0. The Morgan fingerprint density at radius 1 is 1.30 bits per heavy atom. The van der Waals surface area contributed by atoms with Crippen molar-refractivity contribution in [1.82, 2.24) is 19.8 Å². The second kappa shape index (κ2) is 5.90. The lowest BCUT2D eigenvalue weighted by Gasteiger charge is -2.10. The third-order valence-corrected chi connectivity index (χ3v) is 4.59. The maximum absolute atomic E-state index is 12.5. The van der Waals surface area contributed by atoms with Crippen molar-refractivity contribution in [2.75, 3.05) is 5.32 Å². The maximum Gasteiger partial charge on any atom is 0.286 e. The number of aryl methyl sites for hydroxylation is 2.